The molecule has 0 aliphatic rings. The molecular weight excluding hydrogens is 254 g/mol. The molecule has 1 heterocycles. The average Bonchev–Trinajstić information content (AvgIpc) is 2.52. The molecule has 2 rings (SSSR count). The minimum absolute atomic E-state index is 0.588. The second-order valence-corrected chi connectivity index (χ2v) is 4.05. The minimum Gasteiger partial charge on any atom is -0.493 e. The van der Waals surface area contributed by atoms with E-state index in [0.717, 1.165) is 11.3 Å². The summed E-state index contributed by atoms with van der Waals surface area (Å²) in [5.41, 5.74) is 1.84. The molecule has 20 heavy (non-hydrogen) atoms. The van der Waals surface area contributed by atoms with Gasteiger partial charge in [0.15, 0.2) is 11.5 Å². The zero-order valence-corrected chi connectivity index (χ0v) is 11.8. The van der Waals surface area contributed by atoms with Crippen LogP contribution in [0.2, 0.25) is 0 Å². The van der Waals surface area contributed by atoms with Crippen molar-refractivity contribution in [3.8, 4) is 17.2 Å². The van der Waals surface area contributed by atoms with E-state index in [9.17, 15) is 0 Å². The van der Waals surface area contributed by atoms with Crippen LogP contribution in [0.4, 0.5) is 0 Å². The number of benzene rings is 1. The molecule has 0 N–H and O–H groups in total. The predicted octanol–water partition coefficient (Wildman–Crippen LogP) is 3.28. The van der Waals surface area contributed by atoms with Crippen LogP contribution in [0.1, 0.15) is 11.3 Å². The van der Waals surface area contributed by atoms with Gasteiger partial charge in [0.25, 0.3) is 0 Å². The van der Waals surface area contributed by atoms with E-state index in [4.69, 9.17) is 14.2 Å². The molecule has 0 bridgehead atoms. The number of ether oxygens (including phenoxy) is 3. The first-order chi connectivity index (χ1) is 9.78. The second-order valence-electron chi connectivity index (χ2n) is 4.05. The highest BCUT2D eigenvalue weighted by Gasteiger charge is 2.11. The molecule has 4 nitrogen and oxygen atoms in total. The molecule has 0 aliphatic carbocycles. The lowest BCUT2D eigenvalue weighted by Gasteiger charge is -2.12. The van der Waals surface area contributed by atoms with Gasteiger partial charge in [-0.3, -0.25) is 4.98 Å². The lowest BCUT2D eigenvalue weighted by atomic mass is 10.1. The van der Waals surface area contributed by atoms with Crippen LogP contribution in [0.25, 0.3) is 12.2 Å². The summed E-state index contributed by atoms with van der Waals surface area (Å²) in [6.45, 7) is 0. The first-order valence-corrected chi connectivity index (χ1v) is 6.17. The highest BCUT2D eigenvalue weighted by atomic mass is 16.5. The fourth-order valence-corrected chi connectivity index (χ4v) is 1.85. The standard InChI is InChI=1S/C16H17NO3/c1-18-14-10-12(11-15(19-2)16(14)20-3)7-8-13-6-4-5-9-17-13/h4-11H,1-3H3/b8-7-. The Kier molecular flexibility index (Phi) is 4.60. The molecule has 0 unspecified atom stereocenters. The molecule has 0 amide bonds. The quantitative estimate of drug-likeness (QED) is 0.836. The first-order valence-electron chi connectivity index (χ1n) is 6.17. The van der Waals surface area contributed by atoms with Crippen LogP contribution in [0.5, 0.6) is 17.2 Å². The van der Waals surface area contributed by atoms with Crippen LogP contribution in [-0.2, 0) is 0 Å². The Morgan fingerprint density at radius 3 is 2.10 bits per heavy atom. The van der Waals surface area contributed by atoms with E-state index in [1.54, 1.807) is 27.5 Å². The van der Waals surface area contributed by atoms with Gasteiger partial charge in [0, 0.05) is 6.20 Å². The summed E-state index contributed by atoms with van der Waals surface area (Å²) in [4.78, 5) is 4.24. The SMILES string of the molecule is COc1cc(/C=C\c2ccccn2)cc(OC)c1OC. The van der Waals surface area contributed by atoms with Crippen molar-refractivity contribution in [1.82, 2.24) is 4.98 Å². The highest BCUT2D eigenvalue weighted by molar-refractivity contribution is 5.71. The summed E-state index contributed by atoms with van der Waals surface area (Å²) in [6.07, 6.45) is 5.64. The summed E-state index contributed by atoms with van der Waals surface area (Å²) in [7, 11) is 4.79. The molecular formula is C16H17NO3. The van der Waals surface area contributed by atoms with Gasteiger partial charge < -0.3 is 14.2 Å². The zero-order valence-electron chi connectivity index (χ0n) is 11.8. The van der Waals surface area contributed by atoms with E-state index in [0.29, 0.717) is 17.2 Å². The van der Waals surface area contributed by atoms with Crippen molar-refractivity contribution in [2.45, 2.75) is 0 Å². The summed E-state index contributed by atoms with van der Waals surface area (Å²) in [6, 6.07) is 9.55. The van der Waals surface area contributed by atoms with Crippen LogP contribution in [-0.4, -0.2) is 26.3 Å². The summed E-state index contributed by atoms with van der Waals surface area (Å²) < 4.78 is 15.9. The summed E-state index contributed by atoms with van der Waals surface area (Å²) >= 11 is 0. The second kappa shape index (κ2) is 6.61. The zero-order chi connectivity index (χ0) is 14.4. The molecule has 4 heteroatoms. The van der Waals surface area contributed by atoms with Crippen LogP contribution < -0.4 is 14.2 Å². The Morgan fingerprint density at radius 1 is 0.900 bits per heavy atom. The highest BCUT2D eigenvalue weighted by Crippen LogP contribution is 2.38. The normalized spacial score (nSPS) is 10.6. The van der Waals surface area contributed by atoms with Gasteiger partial charge in [0.05, 0.1) is 27.0 Å². The van der Waals surface area contributed by atoms with Crippen molar-refractivity contribution < 1.29 is 14.2 Å². The Balaban J connectivity index is 2.35. The van der Waals surface area contributed by atoms with Gasteiger partial charge >= 0.3 is 0 Å². The van der Waals surface area contributed by atoms with E-state index in [2.05, 4.69) is 4.98 Å². The third-order valence-corrected chi connectivity index (χ3v) is 2.82. The molecule has 0 radical (unpaired) electrons. The van der Waals surface area contributed by atoms with E-state index >= 15 is 0 Å². The number of hydrogen-bond donors (Lipinski definition) is 0. The molecule has 0 aliphatic heterocycles. The van der Waals surface area contributed by atoms with Gasteiger partial charge in [-0.2, -0.15) is 0 Å². The Bertz CT molecular complexity index is 569. The van der Waals surface area contributed by atoms with Crippen molar-refractivity contribution in [2.24, 2.45) is 0 Å². The maximum absolute atomic E-state index is 5.32. The largest absolute Gasteiger partial charge is 0.493 e. The van der Waals surface area contributed by atoms with E-state index < -0.39 is 0 Å². The number of methoxy groups -OCH3 is 3. The van der Waals surface area contributed by atoms with Crippen molar-refractivity contribution >= 4 is 12.2 Å². The van der Waals surface area contributed by atoms with Gasteiger partial charge in [-0.15, -0.1) is 0 Å². The maximum atomic E-state index is 5.32. The van der Waals surface area contributed by atoms with Gasteiger partial charge in [-0.25, -0.2) is 0 Å². The molecule has 1 aromatic heterocycles. The van der Waals surface area contributed by atoms with Crippen LogP contribution in [0.3, 0.4) is 0 Å². The monoisotopic (exact) mass is 271 g/mol. The number of aromatic nitrogens is 1. The molecule has 0 saturated heterocycles. The third kappa shape index (κ3) is 3.09. The Morgan fingerprint density at radius 2 is 1.60 bits per heavy atom. The molecule has 2 aromatic rings. The lowest BCUT2D eigenvalue weighted by Crippen LogP contribution is -1.95. The van der Waals surface area contributed by atoms with E-state index in [1.165, 1.54) is 0 Å². The fourth-order valence-electron chi connectivity index (χ4n) is 1.85. The van der Waals surface area contributed by atoms with E-state index in [-0.39, 0.29) is 0 Å². The van der Waals surface area contributed by atoms with Crippen LogP contribution >= 0.6 is 0 Å². The molecule has 1 aromatic carbocycles. The smallest absolute Gasteiger partial charge is 0.203 e. The van der Waals surface area contributed by atoms with Crippen molar-refractivity contribution in [3.05, 3.63) is 47.8 Å². The van der Waals surface area contributed by atoms with Gasteiger partial charge in [0.1, 0.15) is 0 Å². The van der Waals surface area contributed by atoms with Gasteiger partial charge in [-0.1, -0.05) is 12.1 Å². The lowest BCUT2D eigenvalue weighted by molar-refractivity contribution is 0.324. The fraction of sp³-hybridized carbons (Fsp3) is 0.188. The Hall–Kier alpha value is -2.49. The maximum Gasteiger partial charge on any atom is 0.203 e. The van der Waals surface area contributed by atoms with Crippen molar-refractivity contribution in [1.29, 1.82) is 0 Å². The van der Waals surface area contributed by atoms with Crippen molar-refractivity contribution in [2.75, 3.05) is 21.3 Å². The van der Waals surface area contributed by atoms with E-state index in [1.807, 2.05) is 42.5 Å². The summed E-state index contributed by atoms with van der Waals surface area (Å²) in [5, 5.41) is 0. The molecule has 104 valence electrons. The Labute approximate surface area is 118 Å². The summed E-state index contributed by atoms with van der Waals surface area (Å²) in [5.74, 6) is 1.85. The van der Waals surface area contributed by atoms with Gasteiger partial charge in [0.2, 0.25) is 5.75 Å². The number of nitrogens with zero attached hydrogens (tertiary/aromatic N) is 1. The predicted molar refractivity (Wildman–Crippen MR) is 79.3 cm³/mol. The molecule has 0 saturated carbocycles. The molecule has 0 atom stereocenters. The van der Waals surface area contributed by atoms with Crippen molar-refractivity contribution in [3.63, 3.8) is 0 Å². The van der Waals surface area contributed by atoms with Gasteiger partial charge in [-0.05, 0) is 35.9 Å². The first kappa shape index (κ1) is 13.9. The topological polar surface area (TPSA) is 40.6 Å². The number of hydrogen-bond acceptors (Lipinski definition) is 4. The average molecular weight is 271 g/mol. The number of rotatable bonds is 5. The molecule has 0 spiro atoms. The third-order valence-electron chi connectivity index (χ3n) is 2.82. The van der Waals surface area contributed by atoms with Crippen LogP contribution in [0.15, 0.2) is 36.5 Å². The number of pyridine rings is 1. The minimum atomic E-state index is 0.588. The molecule has 0 fully saturated rings. The van der Waals surface area contributed by atoms with Crippen LogP contribution in [0, 0.1) is 0 Å².